The molecule has 0 fully saturated rings. The lowest BCUT2D eigenvalue weighted by Crippen LogP contribution is -1.99. The van der Waals surface area contributed by atoms with Crippen LogP contribution in [0, 0.1) is 0 Å². The first kappa shape index (κ1) is 11.0. The Morgan fingerprint density at radius 2 is 1.93 bits per heavy atom. The van der Waals surface area contributed by atoms with Crippen LogP contribution in [0.5, 0.6) is 0 Å². The summed E-state index contributed by atoms with van der Waals surface area (Å²) >= 11 is 0. The smallest absolute Gasteiger partial charge is 0.176 e. The van der Waals surface area contributed by atoms with Gasteiger partial charge in [-0.25, -0.2) is 8.42 Å². The zero-order chi connectivity index (χ0) is 10.6. The molecule has 0 bridgehead atoms. The highest BCUT2D eigenvalue weighted by Crippen LogP contribution is 2.16. The second kappa shape index (κ2) is 4.42. The van der Waals surface area contributed by atoms with Gasteiger partial charge in [-0.3, -0.25) is 0 Å². The van der Waals surface area contributed by atoms with Crippen molar-refractivity contribution < 1.29 is 8.42 Å². The van der Waals surface area contributed by atoms with Gasteiger partial charge in [-0.15, -0.1) is 0 Å². The normalized spacial score (nSPS) is 12.1. The molecule has 76 valence electrons. The van der Waals surface area contributed by atoms with Crippen LogP contribution >= 0.6 is 0 Å². The maximum Gasteiger partial charge on any atom is 0.176 e. The van der Waals surface area contributed by atoms with E-state index in [-0.39, 0.29) is 0 Å². The lowest BCUT2D eigenvalue weighted by atomic mass is 10.2. The van der Waals surface area contributed by atoms with Crippen molar-refractivity contribution >= 4 is 15.9 Å². The molecule has 0 spiro atoms. The summed E-state index contributed by atoms with van der Waals surface area (Å²) in [5, 5.41) is 0. The molecule has 1 aromatic carbocycles. The lowest BCUT2D eigenvalue weighted by Gasteiger charge is -2.02. The highest BCUT2D eigenvalue weighted by atomic mass is 32.2. The van der Waals surface area contributed by atoms with E-state index in [0.717, 1.165) is 12.0 Å². The molecule has 0 heterocycles. The monoisotopic (exact) mass is 210 g/mol. The van der Waals surface area contributed by atoms with Crippen molar-refractivity contribution in [3.8, 4) is 0 Å². The van der Waals surface area contributed by atoms with E-state index < -0.39 is 9.84 Å². The van der Waals surface area contributed by atoms with Gasteiger partial charge in [0, 0.05) is 6.26 Å². The highest BCUT2D eigenvalue weighted by molar-refractivity contribution is 7.90. The van der Waals surface area contributed by atoms with Gasteiger partial charge in [0.2, 0.25) is 0 Å². The standard InChI is InChI=1S/C11H14O2S/c1-3-4-7-10-8-5-6-9-11(10)14(2,12)13/h4-9H,3H2,1-2H3/b7-4+. The molecule has 0 N–H and O–H groups in total. The predicted octanol–water partition coefficient (Wildman–Crippen LogP) is 2.51. The summed E-state index contributed by atoms with van der Waals surface area (Å²) in [5.74, 6) is 0. The minimum atomic E-state index is -3.12. The van der Waals surface area contributed by atoms with Crippen LogP contribution in [0.4, 0.5) is 0 Å². The van der Waals surface area contributed by atoms with Gasteiger partial charge < -0.3 is 0 Å². The van der Waals surface area contributed by atoms with Gasteiger partial charge >= 0.3 is 0 Å². The third-order valence-electron chi connectivity index (χ3n) is 1.85. The van der Waals surface area contributed by atoms with Crippen LogP contribution in [0.1, 0.15) is 18.9 Å². The molecular weight excluding hydrogens is 196 g/mol. The Kier molecular flexibility index (Phi) is 3.47. The van der Waals surface area contributed by atoms with Crippen molar-refractivity contribution in [2.75, 3.05) is 6.26 Å². The average Bonchev–Trinajstić information content (AvgIpc) is 2.14. The fourth-order valence-corrected chi connectivity index (χ4v) is 2.09. The zero-order valence-corrected chi connectivity index (χ0v) is 9.21. The van der Waals surface area contributed by atoms with Gasteiger partial charge in [-0.1, -0.05) is 37.3 Å². The summed E-state index contributed by atoms with van der Waals surface area (Å²) in [5.41, 5.74) is 0.761. The minimum Gasteiger partial charge on any atom is -0.224 e. The second-order valence-corrected chi connectivity index (χ2v) is 5.10. The summed E-state index contributed by atoms with van der Waals surface area (Å²) in [6.45, 7) is 2.01. The fourth-order valence-electron chi connectivity index (χ4n) is 1.20. The van der Waals surface area contributed by atoms with Crippen LogP contribution in [-0.4, -0.2) is 14.7 Å². The number of sulfone groups is 1. The summed E-state index contributed by atoms with van der Waals surface area (Å²) in [7, 11) is -3.12. The molecule has 0 aliphatic rings. The van der Waals surface area contributed by atoms with Gasteiger partial charge in [-0.05, 0) is 18.1 Å². The number of allylic oxidation sites excluding steroid dienone is 1. The summed E-state index contributed by atoms with van der Waals surface area (Å²) in [6, 6.07) is 7.01. The van der Waals surface area contributed by atoms with E-state index in [1.807, 2.05) is 31.2 Å². The Morgan fingerprint density at radius 1 is 1.29 bits per heavy atom. The van der Waals surface area contributed by atoms with Crippen LogP contribution in [0.15, 0.2) is 35.2 Å². The maximum atomic E-state index is 11.4. The van der Waals surface area contributed by atoms with Crippen LogP contribution in [0.25, 0.3) is 6.08 Å². The van der Waals surface area contributed by atoms with E-state index in [9.17, 15) is 8.42 Å². The molecule has 2 nitrogen and oxygen atoms in total. The first-order valence-corrected chi connectivity index (χ1v) is 6.40. The summed E-state index contributed by atoms with van der Waals surface area (Å²) < 4.78 is 22.8. The van der Waals surface area contributed by atoms with Crippen molar-refractivity contribution in [3.05, 3.63) is 35.9 Å². The van der Waals surface area contributed by atoms with Crippen LogP contribution in [0.3, 0.4) is 0 Å². The first-order chi connectivity index (χ1) is 6.55. The molecule has 3 heteroatoms. The van der Waals surface area contributed by atoms with Gasteiger partial charge in [-0.2, -0.15) is 0 Å². The zero-order valence-electron chi connectivity index (χ0n) is 8.40. The Balaban J connectivity index is 3.24. The molecule has 0 saturated carbocycles. The van der Waals surface area contributed by atoms with Gasteiger partial charge in [0.15, 0.2) is 9.84 Å². The quantitative estimate of drug-likeness (QED) is 0.768. The Bertz CT molecular complexity index is 430. The highest BCUT2D eigenvalue weighted by Gasteiger charge is 2.09. The molecule has 0 amide bonds. The van der Waals surface area contributed by atoms with E-state index in [4.69, 9.17) is 0 Å². The summed E-state index contributed by atoms with van der Waals surface area (Å²) in [6.07, 6.45) is 5.92. The van der Waals surface area contributed by atoms with Gasteiger partial charge in [0.1, 0.15) is 0 Å². The molecule has 1 aromatic rings. The number of rotatable bonds is 3. The van der Waals surface area contributed by atoms with Crippen molar-refractivity contribution in [2.45, 2.75) is 18.2 Å². The molecule has 0 aromatic heterocycles. The molecule has 0 aliphatic heterocycles. The number of benzene rings is 1. The Hall–Kier alpha value is -1.09. The molecule has 0 unspecified atom stereocenters. The summed E-state index contributed by atoms with van der Waals surface area (Å²) in [4.78, 5) is 0.393. The van der Waals surface area contributed by atoms with Crippen molar-refractivity contribution in [1.29, 1.82) is 0 Å². The van der Waals surface area contributed by atoms with E-state index >= 15 is 0 Å². The van der Waals surface area contributed by atoms with Crippen molar-refractivity contribution in [1.82, 2.24) is 0 Å². The molecular formula is C11H14O2S. The number of hydrogen-bond donors (Lipinski definition) is 0. The minimum absolute atomic E-state index is 0.393. The maximum absolute atomic E-state index is 11.4. The van der Waals surface area contributed by atoms with E-state index in [0.29, 0.717) is 4.90 Å². The fraction of sp³-hybridized carbons (Fsp3) is 0.273. The molecule has 0 atom stereocenters. The van der Waals surface area contributed by atoms with E-state index in [2.05, 4.69) is 0 Å². The van der Waals surface area contributed by atoms with Gasteiger partial charge in [0.05, 0.1) is 4.90 Å². The third-order valence-corrected chi connectivity index (χ3v) is 3.02. The number of hydrogen-bond acceptors (Lipinski definition) is 2. The van der Waals surface area contributed by atoms with Crippen LogP contribution in [-0.2, 0) is 9.84 Å². The first-order valence-electron chi connectivity index (χ1n) is 4.51. The lowest BCUT2D eigenvalue weighted by molar-refractivity contribution is 0.601. The van der Waals surface area contributed by atoms with Crippen LogP contribution < -0.4 is 0 Å². The van der Waals surface area contributed by atoms with Crippen molar-refractivity contribution in [3.63, 3.8) is 0 Å². The van der Waals surface area contributed by atoms with E-state index in [1.165, 1.54) is 6.26 Å². The topological polar surface area (TPSA) is 34.1 Å². The SMILES string of the molecule is CC/C=C/c1ccccc1S(C)(=O)=O. The predicted molar refractivity (Wildman–Crippen MR) is 58.9 cm³/mol. The third kappa shape index (κ3) is 2.70. The van der Waals surface area contributed by atoms with Gasteiger partial charge in [0.25, 0.3) is 0 Å². The van der Waals surface area contributed by atoms with Crippen LogP contribution in [0.2, 0.25) is 0 Å². The average molecular weight is 210 g/mol. The van der Waals surface area contributed by atoms with Crippen molar-refractivity contribution in [2.24, 2.45) is 0 Å². The molecule has 0 radical (unpaired) electrons. The molecule has 14 heavy (non-hydrogen) atoms. The molecule has 0 saturated heterocycles. The molecule has 1 rings (SSSR count). The molecule has 0 aliphatic carbocycles. The van der Waals surface area contributed by atoms with E-state index in [1.54, 1.807) is 12.1 Å². The largest absolute Gasteiger partial charge is 0.224 e. The second-order valence-electron chi connectivity index (χ2n) is 3.12. The Labute approximate surface area is 85.2 Å². The Morgan fingerprint density at radius 3 is 2.50 bits per heavy atom.